The largest absolute Gasteiger partial charge is 0.380 e. The molecule has 0 fully saturated rings. The van der Waals surface area contributed by atoms with Gasteiger partial charge in [0.25, 0.3) is 0 Å². The summed E-state index contributed by atoms with van der Waals surface area (Å²) in [5.41, 5.74) is -0.141. The van der Waals surface area contributed by atoms with Crippen molar-refractivity contribution in [1.82, 2.24) is 0 Å². The average molecular weight is 218 g/mol. The van der Waals surface area contributed by atoms with Crippen molar-refractivity contribution in [2.75, 3.05) is 0 Å². The molecule has 0 radical (unpaired) electrons. The molecule has 78 valence electrons. The maximum Gasteiger partial charge on any atom is 0.116 e. The van der Waals surface area contributed by atoms with Crippen LogP contribution in [0.2, 0.25) is 0 Å². The Morgan fingerprint density at radius 3 is 2.67 bits per heavy atom. The summed E-state index contributed by atoms with van der Waals surface area (Å²) in [6, 6.07) is 10.2. The summed E-state index contributed by atoms with van der Waals surface area (Å²) < 4.78 is 1.20. The molecule has 0 spiro atoms. The molecular formula is C13H14OS. The molecule has 0 saturated carbocycles. The van der Waals surface area contributed by atoms with Gasteiger partial charge in [-0.05, 0) is 36.9 Å². The first-order valence-electron chi connectivity index (χ1n) is 4.89. The van der Waals surface area contributed by atoms with E-state index in [0.29, 0.717) is 0 Å². The predicted molar refractivity (Wildman–Crippen MR) is 66.2 cm³/mol. The minimum absolute atomic E-state index is 0.772. The van der Waals surface area contributed by atoms with Crippen LogP contribution in [0.15, 0.2) is 42.5 Å². The molecule has 2 rings (SSSR count). The maximum atomic E-state index is 10.3. The Bertz CT molecular complexity index is 475. The summed E-state index contributed by atoms with van der Waals surface area (Å²) in [5.74, 6) is 0. The highest BCUT2D eigenvalue weighted by atomic mass is 32.1. The monoisotopic (exact) mass is 218 g/mol. The molecule has 15 heavy (non-hydrogen) atoms. The second-order valence-corrected chi connectivity index (χ2v) is 5.08. The van der Waals surface area contributed by atoms with Crippen LogP contribution in [0, 0.1) is 0 Å². The van der Waals surface area contributed by atoms with Gasteiger partial charge in [-0.1, -0.05) is 24.8 Å². The molecule has 1 N–H and O–H groups in total. The Morgan fingerprint density at radius 2 is 2.07 bits per heavy atom. The van der Waals surface area contributed by atoms with Gasteiger partial charge in [-0.15, -0.1) is 11.3 Å². The van der Waals surface area contributed by atoms with Gasteiger partial charge >= 0.3 is 0 Å². The molecule has 1 aromatic heterocycles. The van der Waals surface area contributed by atoms with Crippen molar-refractivity contribution in [3.8, 4) is 0 Å². The quantitative estimate of drug-likeness (QED) is 0.762. The zero-order valence-electron chi connectivity index (χ0n) is 8.95. The zero-order valence-corrected chi connectivity index (χ0v) is 9.77. The van der Waals surface area contributed by atoms with Crippen molar-refractivity contribution in [1.29, 1.82) is 0 Å². The first-order chi connectivity index (χ1) is 7.01. The molecule has 1 aromatic carbocycles. The van der Waals surface area contributed by atoms with E-state index in [1.807, 2.05) is 25.1 Å². The molecule has 0 aliphatic carbocycles. The van der Waals surface area contributed by atoms with Crippen LogP contribution in [0.3, 0.4) is 0 Å². The third-order valence-corrected chi connectivity index (χ3v) is 4.06. The lowest BCUT2D eigenvalue weighted by atomic mass is 9.96. The van der Waals surface area contributed by atoms with E-state index in [1.165, 1.54) is 10.1 Å². The van der Waals surface area contributed by atoms with E-state index in [4.69, 9.17) is 0 Å². The minimum atomic E-state index is -0.913. The van der Waals surface area contributed by atoms with Gasteiger partial charge in [0.1, 0.15) is 5.60 Å². The van der Waals surface area contributed by atoms with Gasteiger partial charge in [0.2, 0.25) is 0 Å². The summed E-state index contributed by atoms with van der Waals surface area (Å²) >= 11 is 1.62. The molecule has 1 unspecified atom stereocenters. The van der Waals surface area contributed by atoms with Gasteiger partial charge in [0, 0.05) is 9.58 Å². The summed E-state index contributed by atoms with van der Waals surface area (Å²) in [5, 5.41) is 11.5. The van der Waals surface area contributed by atoms with E-state index in [2.05, 4.69) is 18.7 Å². The Balaban J connectivity index is 2.58. The van der Waals surface area contributed by atoms with Gasteiger partial charge in [0.05, 0.1) is 0 Å². The van der Waals surface area contributed by atoms with Crippen molar-refractivity contribution >= 4 is 21.4 Å². The summed E-state index contributed by atoms with van der Waals surface area (Å²) in [6.45, 7) is 7.47. The summed E-state index contributed by atoms with van der Waals surface area (Å²) in [7, 11) is 0. The van der Waals surface area contributed by atoms with Crippen LogP contribution in [0.1, 0.15) is 18.7 Å². The van der Waals surface area contributed by atoms with Crippen molar-refractivity contribution in [3.63, 3.8) is 0 Å². The fourth-order valence-corrected chi connectivity index (χ4v) is 2.62. The lowest BCUT2D eigenvalue weighted by Crippen LogP contribution is -2.20. The fourth-order valence-electron chi connectivity index (χ4n) is 1.43. The van der Waals surface area contributed by atoms with E-state index in [1.54, 1.807) is 18.3 Å². The number of thiophene rings is 1. The molecule has 0 aliphatic heterocycles. The highest BCUT2D eigenvalue weighted by molar-refractivity contribution is 7.19. The maximum absolute atomic E-state index is 10.3. The lowest BCUT2D eigenvalue weighted by molar-refractivity contribution is 0.102. The predicted octanol–water partition coefficient (Wildman–Crippen LogP) is 3.68. The van der Waals surface area contributed by atoms with Crippen molar-refractivity contribution in [3.05, 3.63) is 47.4 Å². The van der Waals surface area contributed by atoms with Gasteiger partial charge in [0.15, 0.2) is 0 Å². The lowest BCUT2D eigenvalue weighted by Gasteiger charge is -2.21. The second-order valence-electron chi connectivity index (χ2n) is 4.00. The van der Waals surface area contributed by atoms with E-state index in [9.17, 15) is 5.11 Å². The number of fused-ring (bicyclic) bond motifs is 1. The Morgan fingerprint density at radius 1 is 1.40 bits per heavy atom. The fraction of sp³-hybridized carbons (Fsp3) is 0.231. The van der Waals surface area contributed by atoms with Gasteiger partial charge in [-0.25, -0.2) is 0 Å². The zero-order chi connectivity index (χ0) is 11.1. The third kappa shape index (κ3) is 1.71. The molecule has 1 heterocycles. The second kappa shape index (κ2) is 3.47. The minimum Gasteiger partial charge on any atom is -0.380 e. The van der Waals surface area contributed by atoms with Gasteiger partial charge in [-0.3, -0.25) is 0 Å². The van der Waals surface area contributed by atoms with Crippen LogP contribution in [0.5, 0.6) is 0 Å². The van der Waals surface area contributed by atoms with Crippen LogP contribution in [0.4, 0.5) is 0 Å². The Labute approximate surface area is 93.7 Å². The average Bonchev–Trinajstić information content (AvgIpc) is 2.61. The number of benzene rings is 1. The van der Waals surface area contributed by atoms with E-state index in [0.717, 1.165) is 10.5 Å². The van der Waals surface area contributed by atoms with Crippen LogP contribution in [-0.4, -0.2) is 5.11 Å². The highest BCUT2D eigenvalue weighted by Crippen LogP contribution is 2.36. The van der Waals surface area contributed by atoms with Crippen LogP contribution in [-0.2, 0) is 5.60 Å². The molecule has 1 nitrogen and oxygen atoms in total. The van der Waals surface area contributed by atoms with E-state index < -0.39 is 5.60 Å². The molecule has 2 aromatic rings. The molecule has 0 aliphatic rings. The smallest absolute Gasteiger partial charge is 0.116 e. The van der Waals surface area contributed by atoms with Crippen LogP contribution >= 0.6 is 11.3 Å². The van der Waals surface area contributed by atoms with Gasteiger partial charge in [-0.2, -0.15) is 0 Å². The summed E-state index contributed by atoms with van der Waals surface area (Å²) in [4.78, 5) is 0.955. The number of rotatable bonds is 2. The first-order valence-corrected chi connectivity index (χ1v) is 5.71. The normalized spacial score (nSPS) is 15.1. The molecular weight excluding hydrogens is 204 g/mol. The number of hydrogen-bond acceptors (Lipinski definition) is 2. The third-order valence-electron chi connectivity index (χ3n) is 2.74. The Hall–Kier alpha value is -1.12. The molecule has 0 saturated heterocycles. The van der Waals surface area contributed by atoms with Crippen molar-refractivity contribution < 1.29 is 5.11 Å². The molecule has 0 amide bonds. The topological polar surface area (TPSA) is 20.2 Å². The molecule has 0 bridgehead atoms. The van der Waals surface area contributed by atoms with Gasteiger partial charge < -0.3 is 5.11 Å². The standard InChI is InChI=1S/C13H14OS/c1-9(2)13(3,14)12-8-10-6-4-5-7-11(10)15-12/h4-8,14H,1H2,2-3H3. The van der Waals surface area contributed by atoms with Crippen LogP contribution < -0.4 is 0 Å². The van der Waals surface area contributed by atoms with Crippen molar-refractivity contribution in [2.45, 2.75) is 19.4 Å². The Kier molecular flexibility index (Phi) is 2.41. The number of aliphatic hydroxyl groups is 1. The first kappa shape index (κ1) is 10.4. The summed E-state index contributed by atoms with van der Waals surface area (Å²) in [6.07, 6.45) is 0. The van der Waals surface area contributed by atoms with E-state index in [-0.39, 0.29) is 0 Å². The molecule has 1 atom stereocenters. The SMILES string of the molecule is C=C(C)C(C)(O)c1cc2ccccc2s1. The number of hydrogen-bond donors (Lipinski definition) is 1. The molecule has 2 heteroatoms. The highest BCUT2D eigenvalue weighted by Gasteiger charge is 2.25. The van der Waals surface area contributed by atoms with Crippen LogP contribution in [0.25, 0.3) is 10.1 Å². The van der Waals surface area contributed by atoms with Crippen molar-refractivity contribution in [2.24, 2.45) is 0 Å². The van der Waals surface area contributed by atoms with E-state index >= 15 is 0 Å².